The molecule has 1 atom stereocenters. The molecule has 0 saturated carbocycles. The molecule has 1 fully saturated rings. The molecule has 2 heteroatoms. The lowest BCUT2D eigenvalue weighted by atomic mass is 10.0. The van der Waals surface area contributed by atoms with Crippen molar-refractivity contribution in [2.45, 2.75) is 45.4 Å². The van der Waals surface area contributed by atoms with Gasteiger partial charge < -0.3 is 4.74 Å². The Kier molecular flexibility index (Phi) is 2.32. The molecule has 0 aromatic heterocycles. The third-order valence-corrected chi connectivity index (χ3v) is 1.93. The van der Waals surface area contributed by atoms with Gasteiger partial charge in [-0.3, -0.25) is 5.32 Å². The lowest BCUT2D eigenvalue weighted by Crippen LogP contribution is -2.47. The first kappa shape index (κ1) is 8.02. The van der Waals surface area contributed by atoms with Crippen molar-refractivity contribution in [3.63, 3.8) is 0 Å². The molecule has 0 bridgehead atoms. The van der Waals surface area contributed by atoms with Crippen LogP contribution in [0.15, 0.2) is 0 Å². The first-order valence-electron chi connectivity index (χ1n) is 4.05. The predicted octanol–water partition coefficient (Wildman–Crippen LogP) is 1.51. The number of ether oxygens (including phenoxy) is 1. The Balaban J connectivity index is 2.40. The van der Waals surface area contributed by atoms with Gasteiger partial charge in [0.1, 0.15) is 6.23 Å². The van der Waals surface area contributed by atoms with E-state index in [9.17, 15) is 0 Å². The van der Waals surface area contributed by atoms with Gasteiger partial charge in [0.15, 0.2) is 0 Å². The van der Waals surface area contributed by atoms with E-state index in [-0.39, 0.29) is 11.8 Å². The topological polar surface area (TPSA) is 21.3 Å². The van der Waals surface area contributed by atoms with E-state index in [2.05, 4.69) is 26.1 Å². The van der Waals surface area contributed by atoms with Crippen LogP contribution in [0.2, 0.25) is 0 Å². The molecule has 1 rings (SSSR count). The molecule has 0 aromatic rings. The summed E-state index contributed by atoms with van der Waals surface area (Å²) in [5.74, 6) is 0. The summed E-state index contributed by atoms with van der Waals surface area (Å²) in [6, 6.07) is 0. The third-order valence-electron chi connectivity index (χ3n) is 1.93. The van der Waals surface area contributed by atoms with Crippen LogP contribution in [0.3, 0.4) is 0 Å². The molecule has 1 aliphatic heterocycles. The molecular formula is C8H17NO. The minimum Gasteiger partial charge on any atom is -0.357 e. The maximum atomic E-state index is 5.71. The Labute approximate surface area is 63.0 Å². The molecule has 0 spiro atoms. The Morgan fingerprint density at radius 3 is 2.70 bits per heavy atom. The van der Waals surface area contributed by atoms with Gasteiger partial charge in [-0.15, -0.1) is 0 Å². The molecule has 0 amide bonds. The number of nitrogens with one attached hydrogen (secondary N) is 1. The molecule has 1 aliphatic rings. The van der Waals surface area contributed by atoms with E-state index in [4.69, 9.17) is 4.74 Å². The molecule has 10 heavy (non-hydrogen) atoms. The molecule has 1 unspecified atom stereocenters. The minimum atomic E-state index is 0.0892. The molecule has 0 aliphatic carbocycles. The molecule has 1 N–H and O–H groups in total. The maximum absolute atomic E-state index is 5.71. The van der Waals surface area contributed by atoms with Gasteiger partial charge in [-0.2, -0.15) is 0 Å². The summed E-state index contributed by atoms with van der Waals surface area (Å²) in [5.41, 5.74) is 0.0892. The van der Waals surface area contributed by atoms with Crippen LogP contribution in [0, 0.1) is 0 Å². The molecule has 60 valence electrons. The Hall–Kier alpha value is -0.0800. The fourth-order valence-corrected chi connectivity index (χ4v) is 1.25. The van der Waals surface area contributed by atoms with Gasteiger partial charge in [-0.1, -0.05) is 6.92 Å². The standard InChI is InChI=1S/C8H17NO/c1-4-7-9-6-5-8(2,3)10-7/h7,9H,4-6H2,1-3H3. The number of rotatable bonds is 1. The van der Waals surface area contributed by atoms with Crippen molar-refractivity contribution in [1.29, 1.82) is 0 Å². The van der Waals surface area contributed by atoms with Crippen molar-refractivity contribution in [3.8, 4) is 0 Å². The van der Waals surface area contributed by atoms with Crippen LogP contribution in [0.25, 0.3) is 0 Å². The zero-order valence-electron chi connectivity index (χ0n) is 7.11. The van der Waals surface area contributed by atoms with E-state index >= 15 is 0 Å². The van der Waals surface area contributed by atoms with Crippen molar-refractivity contribution in [2.75, 3.05) is 6.54 Å². The Bertz CT molecular complexity index is 112. The van der Waals surface area contributed by atoms with Crippen molar-refractivity contribution in [1.82, 2.24) is 5.32 Å². The van der Waals surface area contributed by atoms with Crippen LogP contribution in [-0.4, -0.2) is 18.4 Å². The lowest BCUT2D eigenvalue weighted by molar-refractivity contribution is -0.116. The van der Waals surface area contributed by atoms with Gasteiger partial charge in [0.2, 0.25) is 0 Å². The van der Waals surface area contributed by atoms with Crippen LogP contribution < -0.4 is 5.32 Å². The van der Waals surface area contributed by atoms with Gasteiger partial charge in [-0.25, -0.2) is 0 Å². The van der Waals surface area contributed by atoms with Gasteiger partial charge >= 0.3 is 0 Å². The summed E-state index contributed by atoms with van der Waals surface area (Å²) in [7, 11) is 0. The quantitative estimate of drug-likeness (QED) is 0.600. The molecule has 0 aromatic carbocycles. The smallest absolute Gasteiger partial charge is 0.108 e. The number of hydrogen-bond acceptors (Lipinski definition) is 2. The van der Waals surface area contributed by atoms with Crippen LogP contribution in [0.5, 0.6) is 0 Å². The summed E-state index contributed by atoms with van der Waals surface area (Å²) in [5, 5.41) is 3.30. The van der Waals surface area contributed by atoms with Gasteiger partial charge in [0.25, 0.3) is 0 Å². The van der Waals surface area contributed by atoms with Crippen molar-refractivity contribution in [2.24, 2.45) is 0 Å². The zero-order valence-corrected chi connectivity index (χ0v) is 7.11. The van der Waals surface area contributed by atoms with Gasteiger partial charge in [0, 0.05) is 6.54 Å². The summed E-state index contributed by atoms with van der Waals surface area (Å²) >= 11 is 0. The highest BCUT2D eigenvalue weighted by Crippen LogP contribution is 2.20. The Morgan fingerprint density at radius 2 is 2.30 bits per heavy atom. The second-order valence-corrected chi connectivity index (χ2v) is 3.48. The fraction of sp³-hybridized carbons (Fsp3) is 1.00. The van der Waals surface area contributed by atoms with E-state index in [0.717, 1.165) is 19.4 Å². The van der Waals surface area contributed by atoms with Crippen LogP contribution in [0.1, 0.15) is 33.6 Å². The largest absolute Gasteiger partial charge is 0.357 e. The highest BCUT2D eigenvalue weighted by Gasteiger charge is 2.26. The summed E-state index contributed by atoms with van der Waals surface area (Å²) in [6.07, 6.45) is 2.45. The van der Waals surface area contributed by atoms with Crippen molar-refractivity contribution in [3.05, 3.63) is 0 Å². The summed E-state index contributed by atoms with van der Waals surface area (Å²) in [4.78, 5) is 0. The molecule has 1 saturated heterocycles. The molecule has 1 heterocycles. The lowest BCUT2D eigenvalue weighted by Gasteiger charge is -2.36. The monoisotopic (exact) mass is 143 g/mol. The summed E-state index contributed by atoms with van der Waals surface area (Å²) in [6.45, 7) is 7.53. The second kappa shape index (κ2) is 2.89. The molecule has 0 radical (unpaired) electrons. The normalized spacial score (nSPS) is 32.1. The maximum Gasteiger partial charge on any atom is 0.108 e. The van der Waals surface area contributed by atoms with Crippen LogP contribution in [0.4, 0.5) is 0 Å². The SMILES string of the molecule is CCC1NCCC(C)(C)O1. The zero-order chi connectivity index (χ0) is 7.61. The van der Waals surface area contributed by atoms with Crippen LogP contribution in [-0.2, 0) is 4.74 Å². The van der Waals surface area contributed by atoms with Crippen molar-refractivity contribution >= 4 is 0 Å². The predicted molar refractivity (Wildman–Crippen MR) is 41.9 cm³/mol. The second-order valence-electron chi connectivity index (χ2n) is 3.48. The highest BCUT2D eigenvalue weighted by molar-refractivity contribution is 4.76. The molecular weight excluding hydrogens is 126 g/mol. The average molecular weight is 143 g/mol. The van der Waals surface area contributed by atoms with Crippen LogP contribution >= 0.6 is 0 Å². The Morgan fingerprint density at radius 1 is 1.60 bits per heavy atom. The van der Waals surface area contributed by atoms with E-state index in [0.29, 0.717) is 0 Å². The van der Waals surface area contributed by atoms with E-state index in [1.54, 1.807) is 0 Å². The fourth-order valence-electron chi connectivity index (χ4n) is 1.25. The van der Waals surface area contributed by atoms with E-state index in [1.807, 2.05) is 0 Å². The summed E-state index contributed by atoms with van der Waals surface area (Å²) < 4.78 is 5.71. The first-order chi connectivity index (χ1) is 4.64. The first-order valence-corrected chi connectivity index (χ1v) is 4.05. The van der Waals surface area contributed by atoms with Gasteiger partial charge in [-0.05, 0) is 26.7 Å². The van der Waals surface area contributed by atoms with Crippen molar-refractivity contribution < 1.29 is 4.74 Å². The van der Waals surface area contributed by atoms with Gasteiger partial charge in [0.05, 0.1) is 5.60 Å². The van der Waals surface area contributed by atoms with E-state index < -0.39 is 0 Å². The third kappa shape index (κ3) is 1.96. The average Bonchev–Trinajstić information content (AvgIpc) is 1.86. The minimum absolute atomic E-state index is 0.0892. The number of hydrogen-bond donors (Lipinski definition) is 1. The van der Waals surface area contributed by atoms with E-state index in [1.165, 1.54) is 0 Å². The highest BCUT2D eigenvalue weighted by atomic mass is 16.5. The molecule has 2 nitrogen and oxygen atoms in total.